The first-order chi connectivity index (χ1) is 9.34. The molecule has 1 aromatic carbocycles. The van der Waals surface area contributed by atoms with Crippen molar-refractivity contribution in [3.63, 3.8) is 0 Å². The van der Waals surface area contributed by atoms with Gasteiger partial charge in [-0.25, -0.2) is 17.2 Å². The number of nitrogens with zero attached hydrogens (tertiary/aromatic N) is 1. The molecule has 1 heterocycles. The van der Waals surface area contributed by atoms with Crippen molar-refractivity contribution in [2.75, 3.05) is 13.1 Å². The average molecular weight is 341 g/mol. The van der Waals surface area contributed by atoms with E-state index in [0.717, 1.165) is 18.6 Å². The number of hydrogen-bond donors (Lipinski definition) is 1. The quantitative estimate of drug-likeness (QED) is 0.916. The molecule has 1 saturated heterocycles. The normalized spacial score (nSPS) is 21.6. The average Bonchev–Trinajstić information content (AvgIpc) is 2.41. The van der Waals surface area contributed by atoms with Gasteiger partial charge in [-0.1, -0.05) is 6.07 Å². The van der Waals surface area contributed by atoms with Crippen LogP contribution in [0.1, 0.15) is 19.8 Å². The second-order valence-electron chi connectivity index (χ2n) is 5.18. The molecule has 4 nitrogen and oxygen atoms in total. The Labute approximate surface area is 129 Å². The van der Waals surface area contributed by atoms with Crippen LogP contribution in [0.4, 0.5) is 8.78 Å². The van der Waals surface area contributed by atoms with Crippen LogP contribution in [-0.4, -0.2) is 31.9 Å². The third-order valence-corrected chi connectivity index (χ3v) is 5.58. The molecule has 8 heteroatoms. The standard InChI is InChI=1S/C13H18F2N2O2S.ClH/c1-9(16)10-4-3-7-17(8-10)20(18,19)12-6-2-5-11(14)13(12)15;/h2,5-6,9-10H,3-4,7-8,16H2,1H3;1H. The molecular weight excluding hydrogens is 322 g/mol. The van der Waals surface area contributed by atoms with Gasteiger partial charge in [0.15, 0.2) is 11.6 Å². The maximum Gasteiger partial charge on any atom is 0.246 e. The molecule has 0 bridgehead atoms. The second-order valence-corrected chi connectivity index (χ2v) is 7.08. The van der Waals surface area contributed by atoms with Crippen LogP contribution in [0, 0.1) is 17.6 Å². The highest BCUT2D eigenvalue weighted by atomic mass is 35.5. The fourth-order valence-electron chi connectivity index (χ4n) is 2.44. The molecule has 2 rings (SSSR count). The summed E-state index contributed by atoms with van der Waals surface area (Å²) < 4.78 is 52.9. The highest BCUT2D eigenvalue weighted by Crippen LogP contribution is 2.27. The SMILES string of the molecule is CC(N)C1CCCN(S(=O)(=O)c2cccc(F)c2F)C1.Cl. The van der Waals surface area contributed by atoms with Gasteiger partial charge < -0.3 is 5.73 Å². The lowest BCUT2D eigenvalue weighted by atomic mass is 9.93. The molecule has 1 aliphatic rings. The van der Waals surface area contributed by atoms with Crippen LogP contribution >= 0.6 is 12.4 Å². The number of hydrogen-bond acceptors (Lipinski definition) is 3. The minimum absolute atomic E-state index is 0. The smallest absolute Gasteiger partial charge is 0.246 e. The lowest BCUT2D eigenvalue weighted by Gasteiger charge is -2.33. The molecule has 21 heavy (non-hydrogen) atoms. The summed E-state index contributed by atoms with van der Waals surface area (Å²) >= 11 is 0. The van der Waals surface area contributed by atoms with Crippen molar-refractivity contribution < 1.29 is 17.2 Å². The van der Waals surface area contributed by atoms with Gasteiger partial charge in [0.1, 0.15) is 4.90 Å². The summed E-state index contributed by atoms with van der Waals surface area (Å²) in [5, 5.41) is 0. The van der Waals surface area contributed by atoms with Gasteiger partial charge in [0.25, 0.3) is 0 Å². The van der Waals surface area contributed by atoms with Crippen LogP contribution < -0.4 is 5.73 Å². The topological polar surface area (TPSA) is 63.4 Å². The van der Waals surface area contributed by atoms with E-state index in [-0.39, 0.29) is 30.9 Å². The maximum atomic E-state index is 13.7. The Morgan fingerprint density at radius 2 is 2.05 bits per heavy atom. The maximum absolute atomic E-state index is 13.7. The zero-order chi connectivity index (χ0) is 14.9. The van der Waals surface area contributed by atoms with Crippen LogP contribution in [-0.2, 0) is 10.0 Å². The first-order valence-corrected chi connectivity index (χ1v) is 7.98. The van der Waals surface area contributed by atoms with Gasteiger partial charge in [0, 0.05) is 19.1 Å². The van der Waals surface area contributed by atoms with Gasteiger partial charge in [-0.05, 0) is 37.8 Å². The molecule has 2 N–H and O–H groups in total. The lowest BCUT2D eigenvalue weighted by Crippen LogP contribution is -2.45. The van der Waals surface area contributed by atoms with Crippen molar-refractivity contribution in [2.24, 2.45) is 11.7 Å². The molecule has 0 saturated carbocycles. The molecular formula is C13H19ClF2N2O2S. The van der Waals surface area contributed by atoms with E-state index in [1.807, 2.05) is 6.92 Å². The van der Waals surface area contributed by atoms with Crippen LogP contribution in [0.15, 0.2) is 23.1 Å². The van der Waals surface area contributed by atoms with E-state index < -0.39 is 26.6 Å². The van der Waals surface area contributed by atoms with Crippen LogP contribution in [0.2, 0.25) is 0 Å². The van der Waals surface area contributed by atoms with E-state index in [9.17, 15) is 17.2 Å². The molecule has 0 amide bonds. The highest BCUT2D eigenvalue weighted by Gasteiger charge is 2.33. The number of benzene rings is 1. The Hall–Kier alpha value is -0.760. The van der Waals surface area contributed by atoms with Crippen molar-refractivity contribution in [3.8, 4) is 0 Å². The van der Waals surface area contributed by atoms with Gasteiger partial charge in [0.2, 0.25) is 10.0 Å². The van der Waals surface area contributed by atoms with Gasteiger partial charge in [-0.3, -0.25) is 0 Å². The third-order valence-electron chi connectivity index (χ3n) is 3.70. The molecule has 1 aliphatic heterocycles. The van der Waals surface area contributed by atoms with Gasteiger partial charge in [0.05, 0.1) is 0 Å². The first kappa shape index (κ1) is 18.3. The highest BCUT2D eigenvalue weighted by molar-refractivity contribution is 7.89. The van der Waals surface area contributed by atoms with Gasteiger partial charge >= 0.3 is 0 Å². The Morgan fingerprint density at radius 3 is 2.67 bits per heavy atom. The number of nitrogens with two attached hydrogens (primary N) is 1. The molecule has 0 spiro atoms. The van der Waals surface area contributed by atoms with E-state index in [1.165, 1.54) is 10.4 Å². The Morgan fingerprint density at radius 1 is 1.38 bits per heavy atom. The molecule has 0 aromatic heterocycles. The summed E-state index contributed by atoms with van der Waals surface area (Å²) in [6, 6.07) is 3.04. The third kappa shape index (κ3) is 3.71. The number of halogens is 3. The summed E-state index contributed by atoms with van der Waals surface area (Å²) in [7, 11) is -4.02. The van der Waals surface area contributed by atoms with E-state index in [4.69, 9.17) is 5.73 Å². The second kappa shape index (κ2) is 7.00. The van der Waals surface area contributed by atoms with Crippen LogP contribution in [0.5, 0.6) is 0 Å². The molecule has 1 fully saturated rings. The predicted molar refractivity (Wildman–Crippen MR) is 78.7 cm³/mol. The van der Waals surface area contributed by atoms with Crippen molar-refractivity contribution in [1.82, 2.24) is 4.31 Å². The van der Waals surface area contributed by atoms with Crippen molar-refractivity contribution in [2.45, 2.75) is 30.7 Å². The van der Waals surface area contributed by atoms with Gasteiger partial charge in [-0.2, -0.15) is 4.31 Å². The molecule has 120 valence electrons. The summed E-state index contributed by atoms with van der Waals surface area (Å²) in [5.41, 5.74) is 5.81. The van der Waals surface area contributed by atoms with Crippen LogP contribution in [0.25, 0.3) is 0 Å². The van der Waals surface area contributed by atoms with E-state index in [1.54, 1.807) is 0 Å². The molecule has 0 aliphatic carbocycles. The lowest BCUT2D eigenvalue weighted by molar-refractivity contribution is 0.242. The Kier molecular flexibility index (Phi) is 6.10. The van der Waals surface area contributed by atoms with E-state index >= 15 is 0 Å². The van der Waals surface area contributed by atoms with Crippen molar-refractivity contribution in [3.05, 3.63) is 29.8 Å². The van der Waals surface area contributed by atoms with Gasteiger partial charge in [-0.15, -0.1) is 12.4 Å². The monoisotopic (exact) mass is 340 g/mol. The minimum Gasteiger partial charge on any atom is -0.328 e. The predicted octanol–water partition coefficient (Wildman–Crippen LogP) is 2.13. The zero-order valence-electron chi connectivity index (χ0n) is 11.6. The summed E-state index contributed by atoms with van der Waals surface area (Å²) in [6.45, 7) is 2.38. The first-order valence-electron chi connectivity index (χ1n) is 6.53. The number of sulfonamides is 1. The number of rotatable bonds is 3. The molecule has 2 atom stereocenters. The van der Waals surface area contributed by atoms with E-state index in [2.05, 4.69) is 0 Å². The number of piperidine rings is 1. The largest absolute Gasteiger partial charge is 0.328 e. The zero-order valence-corrected chi connectivity index (χ0v) is 13.3. The fraction of sp³-hybridized carbons (Fsp3) is 0.538. The molecule has 0 radical (unpaired) electrons. The molecule has 2 unspecified atom stereocenters. The summed E-state index contributed by atoms with van der Waals surface area (Å²) in [5.74, 6) is -2.45. The summed E-state index contributed by atoms with van der Waals surface area (Å²) in [4.78, 5) is -0.608. The van der Waals surface area contributed by atoms with E-state index in [0.29, 0.717) is 13.0 Å². The minimum atomic E-state index is -4.02. The van der Waals surface area contributed by atoms with Crippen LogP contribution in [0.3, 0.4) is 0 Å². The molecule has 1 aromatic rings. The Balaban J connectivity index is 0.00000220. The fourth-order valence-corrected chi connectivity index (χ4v) is 4.05. The summed E-state index contributed by atoms with van der Waals surface area (Å²) in [6.07, 6.45) is 1.51. The van der Waals surface area contributed by atoms with Crippen molar-refractivity contribution in [1.29, 1.82) is 0 Å². The van der Waals surface area contributed by atoms with Crippen molar-refractivity contribution >= 4 is 22.4 Å². The Bertz CT molecular complexity index is 596.